The number of carbonyl (C=O) groups is 2. The van der Waals surface area contributed by atoms with Crippen LogP contribution < -0.4 is 10.2 Å². The summed E-state index contributed by atoms with van der Waals surface area (Å²) in [6.07, 6.45) is 4.44. The highest BCUT2D eigenvalue weighted by atomic mass is 35.5. The van der Waals surface area contributed by atoms with Crippen molar-refractivity contribution in [1.82, 2.24) is 10.2 Å². The first-order chi connectivity index (χ1) is 12.7. The second-order valence-corrected chi connectivity index (χ2v) is 7.41. The van der Waals surface area contributed by atoms with E-state index in [1.165, 1.54) is 5.56 Å². The molecule has 6 nitrogen and oxygen atoms in total. The molecule has 2 fully saturated rings. The zero-order valence-corrected chi connectivity index (χ0v) is 16.4. The molecule has 3 heterocycles. The summed E-state index contributed by atoms with van der Waals surface area (Å²) in [5, 5.41) is 3.24. The molecule has 2 amide bonds. The number of halogens is 1. The SMILES string of the molecule is Cl.O=C1C(CC(=O)N2CCCc3ccccc32)NCCN1CC1CCCO1. The number of ether oxygens (including phenoxy) is 1. The van der Waals surface area contributed by atoms with E-state index in [1.807, 2.05) is 28.0 Å². The average Bonchev–Trinajstić information content (AvgIpc) is 3.17. The molecule has 2 saturated heterocycles. The Balaban J connectivity index is 0.00000210. The fraction of sp³-hybridized carbons (Fsp3) is 0.600. The fourth-order valence-electron chi connectivity index (χ4n) is 4.24. The Hall–Kier alpha value is -1.63. The number of aryl methyl sites for hydroxylation is 1. The second kappa shape index (κ2) is 9.04. The molecule has 3 aliphatic heterocycles. The lowest BCUT2D eigenvalue weighted by Crippen LogP contribution is -2.57. The van der Waals surface area contributed by atoms with Gasteiger partial charge in [0.25, 0.3) is 0 Å². The van der Waals surface area contributed by atoms with Gasteiger partial charge in [0, 0.05) is 38.5 Å². The monoisotopic (exact) mass is 393 g/mol. The second-order valence-electron chi connectivity index (χ2n) is 7.41. The molecule has 2 atom stereocenters. The lowest BCUT2D eigenvalue weighted by atomic mass is 10.0. The van der Waals surface area contributed by atoms with E-state index < -0.39 is 6.04 Å². The van der Waals surface area contributed by atoms with E-state index in [0.29, 0.717) is 13.1 Å². The number of hydrogen-bond donors (Lipinski definition) is 1. The van der Waals surface area contributed by atoms with Gasteiger partial charge in [-0.2, -0.15) is 0 Å². The van der Waals surface area contributed by atoms with Gasteiger partial charge in [0.05, 0.1) is 18.6 Å². The van der Waals surface area contributed by atoms with Crippen LogP contribution in [0.2, 0.25) is 0 Å². The minimum absolute atomic E-state index is 0. The van der Waals surface area contributed by atoms with Crippen LogP contribution in [0.25, 0.3) is 0 Å². The molecule has 7 heteroatoms. The molecule has 148 valence electrons. The van der Waals surface area contributed by atoms with Crippen LogP contribution in [0.4, 0.5) is 5.69 Å². The molecule has 0 radical (unpaired) electrons. The van der Waals surface area contributed by atoms with Crippen LogP contribution in [0, 0.1) is 0 Å². The highest BCUT2D eigenvalue weighted by Crippen LogP contribution is 2.27. The Kier molecular flexibility index (Phi) is 6.73. The van der Waals surface area contributed by atoms with E-state index in [9.17, 15) is 9.59 Å². The maximum absolute atomic E-state index is 12.9. The molecule has 3 aliphatic rings. The topological polar surface area (TPSA) is 61.9 Å². The number of para-hydroxylation sites is 1. The number of amides is 2. The molecule has 0 bridgehead atoms. The van der Waals surface area contributed by atoms with Gasteiger partial charge < -0.3 is 19.9 Å². The highest BCUT2D eigenvalue weighted by molar-refractivity contribution is 5.98. The van der Waals surface area contributed by atoms with E-state index in [1.54, 1.807) is 0 Å². The van der Waals surface area contributed by atoms with Gasteiger partial charge in [-0.05, 0) is 37.3 Å². The molecular formula is C20H28ClN3O3. The lowest BCUT2D eigenvalue weighted by molar-refractivity contribution is -0.139. The zero-order valence-electron chi connectivity index (χ0n) is 15.6. The number of fused-ring (bicyclic) bond motifs is 1. The summed E-state index contributed by atoms with van der Waals surface area (Å²) in [5.74, 6) is 0.0624. The van der Waals surface area contributed by atoms with Gasteiger partial charge in [0.15, 0.2) is 0 Å². The maximum atomic E-state index is 12.9. The summed E-state index contributed by atoms with van der Waals surface area (Å²) in [5.41, 5.74) is 2.22. The quantitative estimate of drug-likeness (QED) is 0.846. The number of piperazine rings is 1. The Morgan fingerprint density at radius 3 is 2.89 bits per heavy atom. The zero-order chi connectivity index (χ0) is 17.9. The van der Waals surface area contributed by atoms with Gasteiger partial charge in [-0.1, -0.05) is 18.2 Å². The van der Waals surface area contributed by atoms with Crippen LogP contribution in [-0.4, -0.2) is 61.6 Å². The largest absolute Gasteiger partial charge is 0.376 e. The van der Waals surface area contributed by atoms with Crippen LogP contribution in [0.1, 0.15) is 31.2 Å². The summed E-state index contributed by atoms with van der Waals surface area (Å²) in [7, 11) is 0. The van der Waals surface area contributed by atoms with Gasteiger partial charge in [-0.15, -0.1) is 12.4 Å². The van der Waals surface area contributed by atoms with E-state index in [4.69, 9.17) is 4.74 Å². The van der Waals surface area contributed by atoms with Crippen LogP contribution in [0.3, 0.4) is 0 Å². The Morgan fingerprint density at radius 1 is 1.22 bits per heavy atom. The predicted octanol–water partition coefficient (Wildman–Crippen LogP) is 1.76. The van der Waals surface area contributed by atoms with Crippen molar-refractivity contribution in [2.45, 2.75) is 44.2 Å². The van der Waals surface area contributed by atoms with Crippen LogP contribution in [-0.2, 0) is 20.7 Å². The van der Waals surface area contributed by atoms with Gasteiger partial charge in [0.2, 0.25) is 11.8 Å². The highest BCUT2D eigenvalue weighted by Gasteiger charge is 2.34. The number of carbonyl (C=O) groups excluding carboxylic acids is 2. The first-order valence-electron chi connectivity index (χ1n) is 9.74. The molecular weight excluding hydrogens is 366 g/mol. The van der Waals surface area contributed by atoms with Crippen molar-refractivity contribution in [3.05, 3.63) is 29.8 Å². The first-order valence-corrected chi connectivity index (χ1v) is 9.74. The van der Waals surface area contributed by atoms with Crippen molar-refractivity contribution in [3.8, 4) is 0 Å². The average molecular weight is 394 g/mol. The van der Waals surface area contributed by atoms with Crippen molar-refractivity contribution in [3.63, 3.8) is 0 Å². The molecule has 1 aromatic carbocycles. The first kappa shape index (κ1) is 20.1. The van der Waals surface area contributed by atoms with Crippen LogP contribution in [0.15, 0.2) is 24.3 Å². The van der Waals surface area contributed by atoms with Crippen molar-refractivity contribution >= 4 is 29.9 Å². The van der Waals surface area contributed by atoms with Crippen molar-refractivity contribution in [1.29, 1.82) is 0 Å². The number of nitrogens with one attached hydrogen (secondary N) is 1. The van der Waals surface area contributed by atoms with Crippen molar-refractivity contribution in [2.24, 2.45) is 0 Å². The molecule has 0 saturated carbocycles. The third kappa shape index (κ3) is 4.45. The number of hydrogen-bond acceptors (Lipinski definition) is 4. The summed E-state index contributed by atoms with van der Waals surface area (Å²) in [4.78, 5) is 29.5. The van der Waals surface area contributed by atoms with Gasteiger partial charge in [-0.3, -0.25) is 9.59 Å². The minimum atomic E-state index is -0.424. The summed E-state index contributed by atoms with van der Waals surface area (Å²) in [6.45, 7) is 3.60. The molecule has 1 aromatic rings. The number of nitrogens with zero attached hydrogens (tertiary/aromatic N) is 2. The van der Waals surface area contributed by atoms with Crippen molar-refractivity contribution < 1.29 is 14.3 Å². The van der Waals surface area contributed by atoms with Gasteiger partial charge >= 0.3 is 0 Å². The third-order valence-electron chi connectivity index (χ3n) is 5.62. The minimum Gasteiger partial charge on any atom is -0.376 e. The van der Waals surface area contributed by atoms with Crippen LogP contribution >= 0.6 is 12.4 Å². The van der Waals surface area contributed by atoms with Crippen molar-refractivity contribution in [2.75, 3.05) is 37.7 Å². The summed E-state index contributed by atoms with van der Waals surface area (Å²) in [6, 6.07) is 7.65. The lowest BCUT2D eigenvalue weighted by Gasteiger charge is -2.36. The number of benzene rings is 1. The van der Waals surface area contributed by atoms with E-state index in [0.717, 1.165) is 51.1 Å². The van der Waals surface area contributed by atoms with E-state index in [2.05, 4.69) is 11.4 Å². The van der Waals surface area contributed by atoms with Gasteiger partial charge in [0.1, 0.15) is 0 Å². The Morgan fingerprint density at radius 2 is 2.07 bits per heavy atom. The molecule has 4 rings (SSSR count). The standard InChI is InChI=1S/C20H27N3O3.ClH/c24-19(23-10-3-6-15-5-1-2-8-18(15)23)13-17-20(25)22(11-9-21-17)14-16-7-4-12-26-16;/h1-2,5,8,16-17,21H,3-4,6-7,9-14H2;1H. The third-order valence-corrected chi connectivity index (χ3v) is 5.62. The van der Waals surface area contributed by atoms with E-state index in [-0.39, 0.29) is 36.7 Å². The smallest absolute Gasteiger partial charge is 0.240 e. The predicted molar refractivity (Wildman–Crippen MR) is 106 cm³/mol. The Labute approximate surface area is 166 Å². The summed E-state index contributed by atoms with van der Waals surface area (Å²) < 4.78 is 5.67. The molecule has 0 aromatic heterocycles. The Bertz CT molecular complexity index is 678. The maximum Gasteiger partial charge on any atom is 0.240 e. The molecule has 1 N–H and O–H groups in total. The van der Waals surface area contributed by atoms with E-state index >= 15 is 0 Å². The normalized spacial score (nSPS) is 25.1. The number of anilines is 1. The summed E-state index contributed by atoms with van der Waals surface area (Å²) >= 11 is 0. The van der Waals surface area contributed by atoms with Gasteiger partial charge in [-0.25, -0.2) is 0 Å². The molecule has 0 aliphatic carbocycles. The molecule has 2 unspecified atom stereocenters. The number of rotatable bonds is 4. The molecule has 0 spiro atoms. The molecule has 27 heavy (non-hydrogen) atoms. The fourth-order valence-corrected chi connectivity index (χ4v) is 4.24. The van der Waals surface area contributed by atoms with Crippen LogP contribution in [0.5, 0.6) is 0 Å².